The van der Waals surface area contributed by atoms with Crippen molar-refractivity contribution >= 4 is 5.78 Å². The van der Waals surface area contributed by atoms with Crippen LogP contribution in [0.3, 0.4) is 0 Å². The highest BCUT2D eigenvalue weighted by atomic mass is 19.1. The Hall–Kier alpha value is -1.29. The molecule has 0 spiro atoms. The van der Waals surface area contributed by atoms with E-state index in [0.717, 1.165) is 12.1 Å². The molecule has 0 atom stereocenters. The number of Topliss-reactive ketones (excluding diaryl/α,β-unsaturated/α-hetero) is 1. The van der Waals surface area contributed by atoms with Crippen LogP contribution in [0.4, 0.5) is 8.78 Å². The van der Waals surface area contributed by atoms with E-state index in [2.05, 4.69) is 5.32 Å². The molecule has 0 saturated carbocycles. The summed E-state index contributed by atoms with van der Waals surface area (Å²) in [5, 5.41) is 2.63. The molecular formula is C10H11F2NO. The summed E-state index contributed by atoms with van der Waals surface area (Å²) < 4.78 is 26.1. The number of carbonyl (C=O) groups is 1. The Balaban J connectivity index is 2.80. The molecule has 1 N–H and O–H groups in total. The molecule has 0 aliphatic rings. The molecular weight excluding hydrogens is 188 g/mol. The third-order valence-electron chi connectivity index (χ3n) is 1.81. The van der Waals surface area contributed by atoms with Gasteiger partial charge in [-0.25, -0.2) is 8.78 Å². The smallest absolute Gasteiger partial charge is 0.151 e. The van der Waals surface area contributed by atoms with Crippen molar-refractivity contribution in [2.75, 3.05) is 13.6 Å². The molecule has 0 aliphatic heterocycles. The van der Waals surface area contributed by atoms with Crippen molar-refractivity contribution in [2.24, 2.45) is 0 Å². The van der Waals surface area contributed by atoms with Crippen molar-refractivity contribution in [2.45, 2.75) is 6.42 Å². The Morgan fingerprint density at radius 2 is 1.93 bits per heavy atom. The van der Waals surface area contributed by atoms with Crippen LogP contribution in [0.5, 0.6) is 0 Å². The monoisotopic (exact) mass is 199 g/mol. The molecule has 0 saturated heterocycles. The summed E-state index contributed by atoms with van der Waals surface area (Å²) in [4.78, 5) is 11.1. The van der Waals surface area contributed by atoms with Gasteiger partial charge in [0.15, 0.2) is 5.78 Å². The summed E-state index contributed by atoms with van der Waals surface area (Å²) in [5.74, 6) is -1.58. The predicted octanol–water partition coefficient (Wildman–Crippen LogP) is 1.30. The summed E-state index contributed by atoms with van der Waals surface area (Å²) in [5.41, 5.74) is -0.159. The fourth-order valence-electron chi connectivity index (χ4n) is 1.16. The average molecular weight is 199 g/mol. The molecule has 0 fully saturated rings. The molecule has 0 aliphatic carbocycles. The first-order valence-corrected chi connectivity index (χ1v) is 4.24. The first-order valence-electron chi connectivity index (χ1n) is 4.24. The van der Waals surface area contributed by atoms with Crippen molar-refractivity contribution in [1.82, 2.24) is 5.32 Å². The lowest BCUT2D eigenvalue weighted by Crippen LogP contribution is -2.21. The normalized spacial score (nSPS) is 10.2. The molecule has 0 radical (unpaired) electrons. The topological polar surface area (TPSA) is 29.1 Å². The highest BCUT2D eigenvalue weighted by Gasteiger charge is 2.11. The van der Waals surface area contributed by atoms with Gasteiger partial charge in [-0.15, -0.1) is 0 Å². The van der Waals surface area contributed by atoms with Crippen LogP contribution < -0.4 is 5.32 Å². The van der Waals surface area contributed by atoms with Crippen LogP contribution in [0, 0.1) is 11.6 Å². The molecule has 0 bridgehead atoms. The van der Waals surface area contributed by atoms with Crippen LogP contribution in [-0.4, -0.2) is 19.4 Å². The Bertz CT molecular complexity index is 319. The van der Waals surface area contributed by atoms with E-state index in [1.54, 1.807) is 7.05 Å². The number of hydrogen-bond acceptors (Lipinski definition) is 2. The number of rotatable bonds is 4. The second-order valence-corrected chi connectivity index (χ2v) is 2.95. The molecule has 76 valence electrons. The highest BCUT2D eigenvalue weighted by molar-refractivity contribution is 5.82. The van der Waals surface area contributed by atoms with Crippen molar-refractivity contribution in [3.05, 3.63) is 35.4 Å². The molecule has 14 heavy (non-hydrogen) atoms. The van der Waals surface area contributed by atoms with Gasteiger partial charge in [0.1, 0.15) is 11.6 Å². The van der Waals surface area contributed by atoms with Crippen LogP contribution in [0.2, 0.25) is 0 Å². The van der Waals surface area contributed by atoms with E-state index >= 15 is 0 Å². The Labute approximate surface area is 80.9 Å². The number of benzene rings is 1. The number of hydrogen-bond donors (Lipinski definition) is 1. The van der Waals surface area contributed by atoms with E-state index in [4.69, 9.17) is 0 Å². The molecule has 0 heterocycles. The maximum Gasteiger partial charge on any atom is 0.151 e. The van der Waals surface area contributed by atoms with Crippen LogP contribution in [0.1, 0.15) is 5.56 Å². The van der Waals surface area contributed by atoms with Crippen LogP contribution in [0.25, 0.3) is 0 Å². The molecule has 0 unspecified atom stereocenters. The van der Waals surface area contributed by atoms with Crippen molar-refractivity contribution in [1.29, 1.82) is 0 Å². The van der Waals surface area contributed by atoms with Crippen LogP contribution >= 0.6 is 0 Å². The molecule has 4 heteroatoms. The number of nitrogens with one attached hydrogen (secondary N) is 1. The SMILES string of the molecule is CNCC(=O)Cc1c(F)cccc1F. The highest BCUT2D eigenvalue weighted by Crippen LogP contribution is 2.12. The molecule has 0 amide bonds. The fraction of sp³-hybridized carbons (Fsp3) is 0.300. The summed E-state index contributed by atoms with van der Waals surface area (Å²) in [6, 6.07) is 3.56. The van der Waals surface area contributed by atoms with Gasteiger partial charge in [-0.2, -0.15) is 0 Å². The van der Waals surface area contributed by atoms with Gasteiger partial charge < -0.3 is 5.32 Å². The summed E-state index contributed by atoms with van der Waals surface area (Å²) in [6.45, 7) is 0.119. The summed E-state index contributed by atoms with van der Waals surface area (Å²) in [7, 11) is 1.61. The van der Waals surface area contributed by atoms with Gasteiger partial charge in [0, 0.05) is 12.0 Å². The second kappa shape index (κ2) is 4.81. The Kier molecular flexibility index (Phi) is 3.71. The first kappa shape index (κ1) is 10.8. The summed E-state index contributed by atoms with van der Waals surface area (Å²) >= 11 is 0. The number of halogens is 2. The largest absolute Gasteiger partial charge is 0.313 e. The quantitative estimate of drug-likeness (QED) is 0.791. The fourth-order valence-corrected chi connectivity index (χ4v) is 1.16. The lowest BCUT2D eigenvalue weighted by atomic mass is 10.1. The lowest BCUT2D eigenvalue weighted by Gasteiger charge is -2.03. The van der Waals surface area contributed by atoms with Gasteiger partial charge in [-0.05, 0) is 19.2 Å². The number of likely N-dealkylation sites (N-methyl/N-ethyl adjacent to an activating group) is 1. The first-order chi connectivity index (χ1) is 6.65. The second-order valence-electron chi connectivity index (χ2n) is 2.95. The average Bonchev–Trinajstić information content (AvgIpc) is 2.12. The van der Waals surface area contributed by atoms with E-state index in [0.29, 0.717) is 0 Å². The van der Waals surface area contributed by atoms with Gasteiger partial charge in [0.05, 0.1) is 6.54 Å². The van der Waals surface area contributed by atoms with E-state index in [1.165, 1.54) is 6.07 Å². The summed E-state index contributed by atoms with van der Waals surface area (Å²) in [6.07, 6.45) is -0.209. The van der Waals surface area contributed by atoms with E-state index in [-0.39, 0.29) is 24.3 Å². The number of carbonyl (C=O) groups excluding carboxylic acids is 1. The van der Waals surface area contributed by atoms with Crippen LogP contribution in [0.15, 0.2) is 18.2 Å². The minimum atomic E-state index is -0.672. The van der Waals surface area contributed by atoms with Gasteiger partial charge in [0.2, 0.25) is 0 Å². The van der Waals surface area contributed by atoms with Crippen molar-refractivity contribution < 1.29 is 13.6 Å². The zero-order chi connectivity index (χ0) is 10.6. The van der Waals surface area contributed by atoms with Gasteiger partial charge in [-0.3, -0.25) is 4.79 Å². The Morgan fingerprint density at radius 1 is 1.36 bits per heavy atom. The minimum absolute atomic E-state index is 0.119. The third-order valence-corrected chi connectivity index (χ3v) is 1.81. The van der Waals surface area contributed by atoms with E-state index < -0.39 is 11.6 Å². The van der Waals surface area contributed by atoms with Gasteiger partial charge >= 0.3 is 0 Å². The molecule has 0 aromatic heterocycles. The van der Waals surface area contributed by atoms with E-state index in [1.807, 2.05) is 0 Å². The maximum atomic E-state index is 13.0. The predicted molar refractivity (Wildman–Crippen MR) is 49.0 cm³/mol. The zero-order valence-corrected chi connectivity index (χ0v) is 7.81. The standard InChI is InChI=1S/C10H11F2NO/c1-13-6-7(14)5-8-9(11)3-2-4-10(8)12/h2-4,13H,5-6H2,1H3. The van der Waals surface area contributed by atoms with Gasteiger partial charge in [-0.1, -0.05) is 6.07 Å². The van der Waals surface area contributed by atoms with E-state index in [9.17, 15) is 13.6 Å². The third kappa shape index (κ3) is 2.60. The molecule has 1 rings (SSSR count). The van der Waals surface area contributed by atoms with Crippen molar-refractivity contribution in [3.8, 4) is 0 Å². The Morgan fingerprint density at radius 3 is 2.43 bits per heavy atom. The lowest BCUT2D eigenvalue weighted by molar-refractivity contribution is -0.117. The zero-order valence-electron chi connectivity index (χ0n) is 7.81. The maximum absolute atomic E-state index is 13.0. The van der Waals surface area contributed by atoms with Gasteiger partial charge in [0.25, 0.3) is 0 Å². The minimum Gasteiger partial charge on any atom is -0.313 e. The van der Waals surface area contributed by atoms with Crippen molar-refractivity contribution in [3.63, 3.8) is 0 Å². The molecule has 1 aromatic rings. The molecule has 2 nitrogen and oxygen atoms in total. The number of ketones is 1. The molecule has 1 aromatic carbocycles. The van der Waals surface area contributed by atoms with Crippen LogP contribution in [-0.2, 0) is 11.2 Å².